The minimum Gasteiger partial charge on any atom is -0.459 e. The van der Waals surface area contributed by atoms with Gasteiger partial charge in [-0.05, 0) is 60.7 Å². The van der Waals surface area contributed by atoms with E-state index >= 15 is 0 Å². The Morgan fingerprint density at radius 2 is 1.85 bits per heavy atom. The molecule has 3 aromatic rings. The van der Waals surface area contributed by atoms with Gasteiger partial charge in [-0.3, -0.25) is 19.3 Å². The van der Waals surface area contributed by atoms with Gasteiger partial charge < -0.3 is 15.1 Å². The van der Waals surface area contributed by atoms with Crippen LogP contribution in [0.25, 0.3) is 0 Å². The summed E-state index contributed by atoms with van der Waals surface area (Å²) in [4.78, 5) is 41.1. The summed E-state index contributed by atoms with van der Waals surface area (Å²) in [6.45, 7) is -0.366. The number of hydrogen-bond acceptors (Lipinski definition) is 5. The van der Waals surface area contributed by atoms with Crippen LogP contribution in [0, 0.1) is 5.82 Å². The van der Waals surface area contributed by atoms with Gasteiger partial charge in [0.05, 0.1) is 12.8 Å². The van der Waals surface area contributed by atoms with Crippen LogP contribution in [0.4, 0.5) is 10.1 Å². The van der Waals surface area contributed by atoms with Crippen LogP contribution in [0.2, 0.25) is 0 Å². The standard InChI is InChI=1S/C24H24FN3O4S/c25-16-9-11-18(12-10-16)28(21(29)15-26-23(30)19-7-3-13-32-19)22(20-8-4-14-33-20)24(31)27-17-5-1-2-6-17/h3-4,7-14,17,22H,1-2,5-6,15H2,(H,26,30)(H,27,31)/t22-/m0/s1. The van der Waals surface area contributed by atoms with Gasteiger partial charge in [-0.15, -0.1) is 11.3 Å². The zero-order valence-electron chi connectivity index (χ0n) is 17.8. The van der Waals surface area contributed by atoms with Crippen molar-refractivity contribution >= 4 is 34.7 Å². The van der Waals surface area contributed by atoms with Crippen molar-refractivity contribution in [3.63, 3.8) is 0 Å². The maximum atomic E-state index is 13.6. The van der Waals surface area contributed by atoms with Crippen molar-refractivity contribution in [1.82, 2.24) is 10.6 Å². The molecule has 0 bridgehead atoms. The highest BCUT2D eigenvalue weighted by Gasteiger charge is 2.35. The summed E-state index contributed by atoms with van der Waals surface area (Å²) >= 11 is 1.35. The summed E-state index contributed by atoms with van der Waals surface area (Å²) in [5.74, 6) is -1.75. The topological polar surface area (TPSA) is 91.7 Å². The molecule has 2 N–H and O–H groups in total. The molecule has 0 saturated heterocycles. The van der Waals surface area contributed by atoms with Crippen molar-refractivity contribution in [3.8, 4) is 0 Å². The predicted molar refractivity (Wildman–Crippen MR) is 122 cm³/mol. The molecule has 4 rings (SSSR count). The molecule has 1 atom stereocenters. The first-order chi connectivity index (χ1) is 16.0. The summed E-state index contributed by atoms with van der Waals surface area (Å²) in [6.07, 6.45) is 5.25. The second-order valence-corrected chi connectivity index (χ2v) is 8.79. The molecule has 2 aromatic heterocycles. The van der Waals surface area contributed by atoms with Gasteiger partial charge >= 0.3 is 0 Å². The zero-order valence-corrected chi connectivity index (χ0v) is 18.6. The summed E-state index contributed by atoms with van der Waals surface area (Å²) in [5, 5.41) is 7.43. The van der Waals surface area contributed by atoms with Gasteiger partial charge in [0.15, 0.2) is 5.76 Å². The molecule has 9 heteroatoms. The molecule has 0 spiro atoms. The molecule has 33 heavy (non-hydrogen) atoms. The molecule has 1 aromatic carbocycles. The van der Waals surface area contributed by atoms with Gasteiger partial charge in [0.2, 0.25) is 11.8 Å². The molecule has 2 heterocycles. The predicted octanol–water partition coefficient (Wildman–Crippen LogP) is 4.04. The minimum absolute atomic E-state index is 0.0591. The normalized spacial score (nSPS) is 14.6. The number of nitrogens with one attached hydrogen (secondary N) is 2. The van der Waals surface area contributed by atoms with Crippen molar-refractivity contribution in [3.05, 3.63) is 76.6 Å². The third-order valence-corrected chi connectivity index (χ3v) is 6.46. The molecule has 1 fully saturated rings. The van der Waals surface area contributed by atoms with E-state index in [2.05, 4.69) is 10.6 Å². The fourth-order valence-electron chi connectivity index (χ4n) is 3.95. The van der Waals surface area contributed by atoms with Crippen molar-refractivity contribution in [1.29, 1.82) is 0 Å². The number of thiophene rings is 1. The largest absolute Gasteiger partial charge is 0.459 e. The molecule has 0 radical (unpaired) electrons. The van der Waals surface area contributed by atoms with Crippen molar-refractivity contribution in [2.45, 2.75) is 37.8 Å². The number of hydrogen-bond donors (Lipinski definition) is 2. The molecule has 0 unspecified atom stereocenters. The average molecular weight is 470 g/mol. The van der Waals surface area contributed by atoms with E-state index in [0.717, 1.165) is 25.7 Å². The fraction of sp³-hybridized carbons (Fsp3) is 0.292. The third-order valence-electron chi connectivity index (χ3n) is 5.54. The maximum absolute atomic E-state index is 13.6. The number of nitrogens with zero attached hydrogens (tertiary/aromatic N) is 1. The van der Waals surface area contributed by atoms with Crippen molar-refractivity contribution in [2.24, 2.45) is 0 Å². The van der Waals surface area contributed by atoms with Gasteiger partial charge in [-0.2, -0.15) is 0 Å². The van der Waals surface area contributed by atoms with Crippen LogP contribution in [0.1, 0.15) is 47.2 Å². The second-order valence-electron chi connectivity index (χ2n) is 7.81. The number of rotatable bonds is 8. The van der Waals surface area contributed by atoms with Gasteiger partial charge in [-0.1, -0.05) is 18.9 Å². The maximum Gasteiger partial charge on any atom is 0.287 e. The molecule has 3 amide bonds. The average Bonchev–Trinajstić information content (AvgIpc) is 3.60. The number of benzene rings is 1. The Hall–Kier alpha value is -3.46. The molecule has 1 saturated carbocycles. The lowest BCUT2D eigenvalue weighted by atomic mass is 10.1. The number of amides is 3. The van der Waals surface area contributed by atoms with Gasteiger partial charge in [-0.25, -0.2) is 4.39 Å². The van der Waals surface area contributed by atoms with E-state index < -0.39 is 23.7 Å². The fourth-order valence-corrected chi connectivity index (χ4v) is 4.76. The van der Waals surface area contributed by atoms with Crippen LogP contribution in [0.5, 0.6) is 0 Å². The Morgan fingerprint density at radius 3 is 2.48 bits per heavy atom. The lowest BCUT2D eigenvalue weighted by molar-refractivity contribution is -0.126. The number of carbonyl (C=O) groups excluding carboxylic acids is 3. The molecule has 7 nitrogen and oxygen atoms in total. The minimum atomic E-state index is -0.955. The molecular weight excluding hydrogens is 445 g/mol. The number of carbonyl (C=O) groups is 3. The quantitative estimate of drug-likeness (QED) is 0.521. The Balaban J connectivity index is 1.63. The molecule has 172 valence electrons. The molecule has 0 aliphatic heterocycles. The van der Waals surface area contributed by atoms with E-state index in [1.807, 2.05) is 11.4 Å². The first-order valence-corrected chi connectivity index (χ1v) is 11.6. The van der Waals surface area contributed by atoms with Crippen LogP contribution < -0.4 is 15.5 Å². The molecular formula is C24H24FN3O4S. The molecule has 1 aliphatic carbocycles. The smallest absolute Gasteiger partial charge is 0.287 e. The lowest BCUT2D eigenvalue weighted by Gasteiger charge is -2.31. The number of furan rings is 1. The first kappa shape index (κ1) is 22.7. The highest BCUT2D eigenvalue weighted by atomic mass is 32.1. The van der Waals surface area contributed by atoms with Crippen molar-refractivity contribution in [2.75, 3.05) is 11.4 Å². The Bertz CT molecular complexity index is 1080. The Labute approximate surface area is 194 Å². The van der Waals surface area contributed by atoms with Crippen LogP contribution in [-0.4, -0.2) is 30.3 Å². The van der Waals surface area contributed by atoms with Gasteiger partial charge in [0.25, 0.3) is 5.91 Å². The van der Waals surface area contributed by atoms with E-state index in [0.29, 0.717) is 10.6 Å². The Kier molecular flexibility index (Phi) is 7.19. The van der Waals surface area contributed by atoms with Crippen LogP contribution in [-0.2, 0) is 9.59 Å². The number of halogens is 1. The summed E-state index contributed by atoms with van der Waals surface area (Å²) in [5.41, 5.74) is 0.355. The zero-order chi connectivity index (χ0) is 23.2. The SMILES string of the molecule is O=C(NCC(=O)N(c1ccc(F)cc1)[C@H](C(=O)NC1CCCC1)c1cccs1)c1ccco1. The highest BCUT2D eigenvalue weighted by molar-refractivity contribution is 7.10. The van der Waals surface area contributed by atoms with Crippen LogP contribution in [0.3, 0.4) is 0 Å². The summed E-state index contributed by atoms with van der Waals surface area (Å²) in [6, 6.07) is 11.1. The first-order valence-electron chi connectivity index (χ1n) is 10.8. The molecule has 1 aliphatic rings. The number of anilines is 1. The summed E-state index contributed by atoms with van der Waals surface area (Å²) < 4.78 is 18.7. The van der Waals surface area contributed by atoms with E-state index in [1.165, 1.54) is 52.8 Å². The lowest BCUT2D eigenvalue weighted by Crippen LogP contribution is -2.49. The van der Waals surface area contributed by atoms with Gasteiger partial charge in [0.1, 0.15) is 11.9 Å². The van der Waals surface area contributed by atoms with E-state index in [9.17, 15) is 18.8 Å². The van der Waals surface area contributed by atoms with E-state index in [-0.39, 0.29) is 24.3 Å². The van der Waals surface area contributed by atoms with E-state index in [1.54, 1.807) is 12.1 Å². The van der Waals surface area contributed by atoms with E-state index in [4.69, 9.17) is 4.42 Å². The highest BCUT2D eigenvalue weighted by Crippen LogP contribution is 2.31. The van der Waals surface area contributed by atoms with Crippen molar-refractivity contribution < 1.29 is 23.2 Å². The monoisotopic (exact) mass is 469 g/mol. The summed E-state index contributed by atoms with van der Waals surface area (Å²) in [7, 11) is 0. The van der Waals surface area contributed by atoms with Crippen LogP contribution in [0.15, 0.2) is 64.6 Å². The third kappa shape index (κ3) is 5.48. The van der Waals surface area contributed by atoms with Gasteiger partial charge in [0, 0.05) is 16.6 Å². The van der Waals surface area contributed by atoms with Crippen LogP contribution >= 0.6 is 11.3 Å². The Morgan fingerprint density at radius 1 is 1.09 bits per heavy atom. The second kappa shape index (κ2) is 10.4.